The van der Waals surface area contributed by atoms with E-state index in [-0.39, 0.29) is 5.41 Å². The average Bonchev–Trinajstić information content (AvgIpc) is 2.15. The van der Waals surface area contributed by atoms with Crippen molar-refractivity contribution < 1.29 is 4.74 Å². The van der Waals surface area contributed by atoms with Crippen LogP contribution in [0.15, 0.2) is 12.7 Å². The van der Waals surface area contributed by atoms with Gasteiger partial charge in [-0.15, -0.1) is 6.58 Å². The smallest absolute Gasteiger partial charge is 0.0656 e. The first-order valence-electron chi connectivity index (χ1n) is 5.94. The van der Waals surface area contributed by atoms with Gasteiger partial charge in [0.05, 0.1) is 6.10 Å². The molecule has 2 heteroatoms. The predicted octanol–water partition coefficient (Wildman–Crippen LogP) is 2.60. The monoisotopic (exact) mass is 211 g/mol. The molecule has 1 rings (SSSR count). The summed E-state index contributed by atoms with van der Waals surface area (Å²) in [6.45, 7) is 14.4. The summed E-state index contributed by atoms with van der Waals surface area (Å²) in [6.07, 6.45) is 3.47. The SMILES string of the molecule is C=CCNC1CC(OCC(C)C)C1(C)C. The molecule has 0 heterocycles. The summed E-state index contributed by atoms with van der Waals surface area (Å²) in [6, 6.07) is 0.577. The van der Waals surface area contributed by atoms with Gasteiger partial charge in [0.2, 0.25) is 0 Å². The minimum atomic E-state index is 0.262. The summed E-state index contributed by atoms with van der Waals surface area (Å²) in [4.78, 5) is 0. The Labute approximate surface area is 94.1 Å². The highest BCUT2D eigenvalue weighted by atomic mass is 16.5. The van der Waals surface area contributed by atoms with Gasteiger partial charge < -0.3 is 10.1 Å². The molecule has 0 radical (unpaired) electrons. The van der Waals surface area contributed by atoms with Crippen molar-refractivity contribution in [3.63, 3.8) is 0 Å². The second-order valence-electron chi connectivity index (χ2n) is 5.52. The van der Waals surface area contributed by atoms with E-state index in [4.69, 9.17) is 4.74 Å². The minimum Gasteiger partial charge on any atom is -0.377 e. The van der Waals surface area contributed by atoms with Gasteiger partial charge in [0.15, 0.2) is 0 Å². The van der Waals surface area contributed by atoms with Gasteiger partial charge in [0, 0.05) is 24.6 Å². The van der Waals surface area contributed by atoms with Crippen LogP contribution >= 0.6 is 0 Å². The highest BCUT2D eigenvalue weighted by molar-refractivity contribution is 5.03. The lowest BCUT2D eigenvalue weighted by atomic mass is 9.64. The van der Waals surface area contributed by atoms with Crippen molar-refractivity contribution in [2.75, 3.05) is 13.2 Å². The van der Waals surface area contributed by atoms with Gasteiger partial charge in [-0.1, -0.05) is 33.8 Å². The zero-order valence-electron chi connectivity index (χ0n) is 10.5. The maximum atomic E-state index is 5.90. The van der Waals surface area contributed by atoms with Crippen LogP contribution in [-0.2, 0) is 4.74 Å². The standard InChI is InChI=1S/C13H25NO/c1-6-7-14-11-8-12(13(11,4)5)15-9-10(2)3/h6,10-12,14H,1,7-9H2,2-5H3. The summed E-state index contributed by atoms with van der Waals surface area (Å²) in [5.74, 6) is 0.626. The Kier molecular flexibility index (Phi) is 4.35. The van der Waals surface area contributed by atoms with Gasteiger partial charge in [-0.2, -0.15) is 0 Å². The van der Waals surface area contributed by atoms with Gasteiger partial charge in [-0.05, 0) is 12.3 Å². The molecule has 2 nitrogen and oxygen atoms in total. The van der Waals surface area contributed by atoms with Crippen LogP contribution in [0.4, 0.5) is 0 Å². The van der Waals surface area contributed by atoms with Gasteiger partial charge in [-0.3, -0.25) is 0 Å². The molecule has 0 amide bonds. The fourth-order valence-electron chi connectivity index (χ4n) is 2.05. The van der Waals surface area contributed by atoms with E-state index < -0.39 is 0 Å². The van der Waals surface area contributed by atoms with E-state index in [9.17, 15) is 0 Å². The van der Waals surface area contributed by atoms with Crippen molar-refractivity contribution in [1.29, 1.82) is 0 Å². The van der Waals surface area contributed by atoms with Crippen LogP contribution in [0.2, 0.25) is 0 Å². The first-order valence-corrected chi connectivity index (χ1v) is 5.94. The summed E-state index contributed by atoms with van der Waals surface area (Å²) in [7, 11) is 0. The molecule has 0 aromatic heterocycles. The van der Waals surface area contributed by atoms with E-state index in [1.54, 1.807) is 0 Å². The average molecular weight is 211 g/mol. The quantitative estimate of drug-likeness (QED) is 0.682. The van der Waals surface area contributed by atoms with Crippen molar-refractivity contribution in [2.24, 2.45) is 11.3 Å². The van der Waals surface area contributed by atoms with Crippen LogP contribution in [0.1, 0.15) is 34.1 Å². The predicted molar refractivity (Wildman–Crippen MR) is 65.0 cm³/mol. The van der Waals surface area contributed by atoms with Gasteiger partial charge >= 0.3 is 0 Å². The Bertz CT molecular complexity index is 211. The van der Waals surface area contributed by atoms with E-state index in [0.717, 1.165) is 19.6 Å². The molecular formula is C13H25NO. The molecule has 1 fully saturated rings. The minimum absolute atomic E-state index is 0.262. The summed E-state index contributed by atoms with van der Waals surface area (Å²) >= 11 is 0. The van der Waals surface area contributed by atoms with E-state index in [1.807, 2.05) is 6.08 Å². The second-order valence-corrected chi connectivity index (χ2v) is 5.52. The number of hydrogen-bond donors (Lipinski definition) is 1. The molecule has 88 valence electrons. The molecule has 0 aliphatic heterocycles. The molecule has 1 aliphatic carbocycles. The highest BCUT2D eigenvalue weighted by Crippen LogP contribution is 2.42. The van der Waals surface area contributed by atoms with E-state index >= 15 is 0 Å². The number of rotatable bonds is 6. The molecule has 15 heavy (non-hydrogen) atoms. The Morgan fingerprint density at radius 2 is 2.20 bits per heavy atom. The lowest BCUT2D eigenvalue weighted by Crippen LogP contribution is -2.61. The third kappa shape index (κ3) is 3.05. The van der Waals surface area contributed by atoms with Gasteiger partial charge in [0.1, 0.15) is 0 Å². The van der Waals surface area contributed by atoms with Crippen molar-refractivity contribution in [1.82, 2.24) is 5.32 Å². The molecule has 0 aromatic carbocycles. The first kappa shape index (κ1) is 12.7. The van der Waals surface area contributed by atoms with Crippen LogP contribution in [0.3, 0.4) is 0 Å². The van der Waals surface area contributed by atoms with Crippen molar-refractivity contribution in [2.45, 2.75) is 46.3 Å². The Hall–Kier alpha value is -0.340. The molecule has 2 atom stereocenters. The third-order valence-electron chi connectivity index (χ3n) is 3.32. The van der Waals surface area contributed by atoms with Crippen LogP contribution in [0, 0.1) is 11.3 Å². The normalized spacial score (nSPS) is 28.9. The topological polar surface area (TPSA) is 21.3 Å². The fourth-order valence-corrected chi connectivity index (χ4v) is 2.05. The molecular weight excluding hydrogens is 186 g/mol. The second kappa shape index (κ2) is 5.13. The number of ether oxygens (including phenoxy) is 1. The van der Waals surface area contributed by atoms with Gasteiger partial charge in [0.25, 0.3) is 0 Å². The Morgan fingerprint density at radius 3 is 2.67 bits per heavy atom. The maximum absolute atomic E-state index is 5.90. The third-order valence-corrected chi connectivity index (χ3v) is 3.32. The van der Waals surface area contributed by atoms with Crippen molar-refractivity contribution in [3.05, 3.63) is 12.7 Å². The summed E-state index contributed by atoms with van der Waals surface area (Å²) in [5.41, 5.74) is 0.262. The zero-order chi connectivity index (χ0) is 11.5. The van der Waals surface area contributed by atoms with Gasteiger partial charge in [-0.25, -0.2) is 0 Å². The van der Waals surface area contributed by atoms with Crippen LogP contribution in [0.25, 0.3) is 0 Å². The molecule has 1 N–H and O–H groups in total. The zero-order valence-corrected chi connectivity index (χ0v) is 10.5. The summed E-state index contributed by atoms with van der Waals surface area (Å²) in [5, 5.41) is 3.48. The fraction of sp³-hybridized carbons (Fsp3) is 0.846. The molecule has 2 unspecified atom stereocenters. The highest BCUT2D eigenvalue weighted by Gasteiger charge is 2.48. The first-order chi connectivity index (χ1) is 6.98. The lowest BCUT2D eigenvalue weighted by Gasteiger charge is -2.52. The van der Waals surface area contributed by atoms with E-state index in [1.165, 1.54) is 0 Å². The van der Waals surface area contributed by atoms with Crippen LogP contribution < -0.4 is 5.32 Å². The maximum Gasteiger partial charge on any atom is 0.0656 e. The van der Waals surface area contributed by atoms with E-state index in [2.05, 4.69) is 39.6 Å². The molecule has 0 saturated heterocycles. The van der Waals surface area contributed by atoms with Crippen molar-refractivity contribution in [3.8, 4) is 0 Å². The van der Waals surface area contributed by atoms with Crippen LogP contribution in [0.5, 0.6) is 0 Å². The molecule has 0 spiro atoms. The Balaban J connectivity index is 2.31. The molecule has 0 aromatic rings. The van der Waals surface area contributed by atoms with Crippen molar-refractivity contribution >= 4 is 0 Å². The number of nitrogens with one attached hydrogen (secondary N) is 1. The largest absolute Gasteiger partial charge is 0.377 e. The summed E-state index contributed by atoms with van der Waals surface area (Å²) < 4.78 is 5.90. The van der Waals surface area contributed by atoms with Crippen LogP contribution in [-0.4, -0.2) is 25.3 Å². The van der Waals surface area contributed by atoms with E-state index in [0.29, 0.717) is 18.1 Å². The number of hydrogen-bond acceptors (Lipinski definition) is 2. The Morgan fingerprint density at radius 1 is 1.53 bits per heavy atom. The molecule has 0 bridgehead atoms. The molecule has 1 aliphatic rings. The molecule has 1 saturated carbocycles. The lowest BCUT2D eigenvalue weighted by molar-refractivity contribution is -0.122.